The number of methoxy groups -OCH3 is 1. The number of nitrogens with one attached hydrogen (secondary N) is 1. The summed E-state index contributed by atoms with van der Waals surface area (Å²) in [4.78, 5) is 24.2. The van der Waals surface area contributed by atoms with Crippen LogP contribution in [0.2, 0.25) is 10.0 Å². The molecule has 3 aromatic rings. The SMILES string of the molecule is COc1cc(/C=N\NC(=O)COc2ccccc2Cl)ccc1OC(=O)c1ccc(Cl)cc1. The van der Waals surface area contributed by atoms with Gasteiger partial charge in [-0.2, -0.15) is 5.10 Å². The highest BCUT2D eigenvalue weighted by Gasteiger charge is 2.13. The van der Waals surface area contributed by atoms with Crippen LogP contribution in [0.15, 0.2) is 71.8 Å². The minimum absolute atomic E-state index is 0.238. The van der Waals surface area contributed by atoms with Gasteiger partial charge in [-0.25, -0.2) is 10.2 Å². The quantitative estimate of drug-likeness (QED) is 0.221. The number of halogens is 2. The van der Waals surface area contributed by atoms with E-state index in [1.165, 1.54) is 13.3 Å². The van der Waals surface area contributed by atoms with Crippen LogP contribution in [0.1, 0.15) is 15.9 Å². The number of esters is 1. The number of para-hydroxylation sites is 1. The van der Waals surface area contributed by atoms with Crippen molar-refractivity contribution in [2.45, 2.75) is 0 Å². The number of hydrogen-bond acceptors (Lipinski definition) is 6. The van der Waals surface area contributed by atoms with Crippen LogP contribution < -0.4 is 19.6 Å². The van der Waals surface area contributed by atoms with Gasteiger partial charge in [0, 0.05) is 5.02 Å². The highest BCUT2D eigenvalue weighted by molar-refractivity contribution is 6.32. The first-order chi connectivity index (χ1) is 15.5. The number of hydrazone groups is 1. The number of carbonyl (C=O) groups is 2. The fourth-order valence-electron chi connectivity index (χ4n) is 2.51. The van der Waals surface area contributed by atoms with Crippen LogP contribution >= 0.6 is 23.2 Å². The Balaban J connectivity index is 1.57. The fraction of sp³-hybridized carbons (Fsp3) is 0.0870. The Morgan fingerprint density at radius 3 is 2.44 bits per heavy atom. The van der Waals surface area contributed by atoms with Gasteiger partial charge in [0.2, 0.25) is 0 Å². The van der Waals surface area contributed by atoms with E-state index in [0.717, 1.165) is 0 Å². The lowest BCUT2D eigenvalue weighted by Crippen LogP contribution is -2.24. The van der Waals surface area contributed by atoms with Crippen LogP contribution in [0.3, 0.4) is 0 Å². The molecule has 3 aromatic carbocycles. The number of hydrogen-bond donors (Lipinski definition) is 1. The Labute approximate surface area is 194 Å². The first-order valence-corrected chi connectivity index (χ1v) is 10.1. The molecule has 3 rings (SSSR count). The summed E-state index contributed by atoms with van der Waals surface area (Å²) in [6, 6.07) is 18.0. The van der Waals surface area contributed by atoms with Crippen LogP contribution in [0, 0.1) is 0 Å². The Kier molecular flexibility index (Phi) is 8.08. The summed E-state index contributed by atoms with van der Waals surface area (Å²) in [7, 11) is 1.45. The lowest BCUT2D eigenvalue weighted by atomic mass is 10.2. The second kappa shape index (κ2) is 11.2. The van der Waals surface area contributed by atoms with Gasteiger partial charge in [0.1, 0.15) is 5.75 Å². The number of benzene rings is 3. The summed E-state index contributed by atoms with van der Waals surface area (Å²) in [5, 5.41) is 4.81. The molecule has 7 nitrogen and oxygen atoms in total. The number of carbonyl (C=O) groups excluding carboxylic acids is 2. The molecule has 0 aromatic heterocycles. The van der Waals surface area contributed by atoms with E-state index in [-0.39, 0.29) is 12.4 Å². The van der Waals surface area contributed by atoms with Crippen LogP contribution in [0.25, 0.3) is 0 Å². The third kappa shape index (κ3) is 6.47. The zero-order valence-corrected chi connectivity index (χ0v) is 18.4. The molecule has 0 heterocycles. The van der Waals surface area contributed by atoms with Gasteiger partial charge in [-0.05, 0) is 60.2 Å². The van der Waals surface area contributed by atoms with Gasteiger partial charge < -0.3 is 14.2 Å². The van der Waals surface area contributed by atoms with Crippen molar-refractivity contribution >= 4 is 41.3 Å². The smallest absolute Gasteiger partial charge is 0.343 e. The zero-order chi connectivity index (χ0) is 22.9. The number of amides is 1. The molecule has 0 spiro atoms. The molecule has 0 aliphatic rings. The van der Waals surface area contributed by atoms with E-state index in [4.69, 9.17) is 37.4 Å². The van der Waals surface area contributed by atoms with Gasteiger partial charge in [-0.1, -0.05) is 35.3 Å². The van der Waals surface area contributed by atoms with Gasteiger partial charge >= 0.3 is 5.97 Å². The van der Waals surface area contributed by atoms with Crippen LogP contribution in [-0.4, -0.2) is 31.8 Å². The maximum atomic E-state index is 12.3. The molecule has 32 heavy (non-hydrogen) atoms. The summed E-state index contributed by atoms with van der Waals surface area (Å²) in [6.07, 6.45) is 1.42. The predicted octanol–water partition coefficient (Wildman–Crippen LogP) is 4.75. The molecule has 0 aliphatic carbocycles. The van der Waals surface area contributed by atoms with Crippen LogP contribution in [0.5, 0.6) is 17.2 Å². The highest BCUT2D eigenvalue weighted by Crippen LogP contribution is 2.28. The average molecular weight is 473 g/mol. The largest absolute Gasteiger partial charge is 0.493 e. The average Bonchev–Trinajstić information content (AvgIpc) is 2.79. The van der Waals surface area contributed by atoms with Crippen molar-refractivity contribution in [3.63, 3.8) is 0 Å². The fourth-order valence-corrected chi connectivity index (χ4v) is 2.83. The minimum atomic E-state index is -0.549. The van der Waals surface area contributed by atoms with E-state index < -0.39 is 11.9 Å². The van der Waals surface area contributed by atoms with Gasteiger partial charge in [0.05, 0.1) is 23.9 Å². The number of nitrogens with zero attached hydrogens (tertiary/aromatic N) is 1. The summed E-state index contributed by atoms with van der Waals surface area (Å²) in [5.74, 6) is -0.0398. The minimum Gasteiger partial charge on any atom is -0.493 e. The first-order valence-electron chi connectivity index (χ1n) is 9.31. The second-order valence-corrected chi connectivity index (χ2v) is 7.16. The molecule has 0 aliphatic heterocycles. The topological polar surface area (TPSA) is 86.2 Å². The van der Waals surface area contributed by atoms with E-state index in [1.807, 2.05) is 0 Å². The summed E-state index contributed by atoms with van der Waals surface area (Å²) >= 11 is 11.8. The van der Waals surface area contributed by atoms with Crippen molar-refractivity contribution in [1.82, 2.24) is 5.43 Å². The van der Waals surface area contributed by atoms with Crippen LogP contribution in [-0.2, 0) is 4.79 Å². The Morgan fingerprint density at radius 1 is 0.969 bits per heavy atom. The van der Waals surface area contributed by atoms with Gasteiger partial charge in [0.25, 0.3) is 5.91 Å². The second-order valence-electron chi connectivity index (χ2n) is 6.32. The molecule has 1 amide bonds. The lowest BCUT2D eigenvalue weighted by Gasteiger charge is -2.10. The Morgan fingerprint density at radius 2 is 1.72 bits per heavy atom. The zero-order valence-electron chi connectivity index (χ0n) is 16.9. The summed E-state index contributed by atoms with van der Waals surface area (Å²) < 4.78 is 16.0. The maximum absolute atomic E-state index is 12.3. The van der Waals surface area contributed by atoms with E-state index >= 15 is 0 Å². The monoisotopic (exact) mass is 472 g/mol. The van der Waals surface area contributed by atoms with Gasteiger partial charge in [-0.3, -0.25) is 4.79 Å². The van der Waals surface area contributed by atoms with E-state index in [0.29, 0.717) is 32.7 Å². The summed E-state index contributed by atoms with van der Waals surface area (Å²) in [5.41, 5.74) is 3.32. The van der Waals surface area contributed by atoms with Crippen LogP contribution in [0.4, 0.5) is 0 Å². The number of ether oxygens (including phenoxy) is 3. The highest BCUT2D eigenvalue weighted by atomic mass is 35.5. The molecular formula is C23H18Cl2N2O5. The lowest BCUT2D eigenvalue weighted by molar-refractivity contribution is -0.123. The molecule has 0 fully saturated rings. The predicted molar refractivity (Wildman–Crippen MR) is 122 cm³/mol. The van der Waals surface area contributed by atoms with Crippen molar-refractivity contribution in [1.29, 1.82) is 0 Å². The molecule has 0 bridgehead atoms. The van der Waals surface area contributed by atoms with Crippen molar-refractivity contribution in [2.75, 3.05) is 13.7 Å². The first kappa shape index (κ1) is 23.1. The van der Waals surface area contributed by atoms with E-state index in [1.54, 1.807) is 66.7 Å². The molecule has 0 radical (unpaired) electrons. The Bertz CT molecular complexity index is 1130. The normalized spacial score (nSPS) is 10.6. The molecule has 164 valence electrons. The summed E-state index contributed by atoms with van der Waals surface area (Å²) in [6.45, 7) is -0.246. The molecule has 9 heteroatoms. The van der Waals surface area contributed by atoms with Gasteiger partial charge in [-0.15, -0.1) is 0 Å². The molecule has 0 atom stereocenters. The standard InChI is InChI=1S/C23H18Cl2N2O5/c1-30-21-12-15(6-11-20(21)32-23(29)16-7-9-17(24)10-8-16)13-26-27-22(28)14-31-19-5-3-2-4-18(19)25/h2-13H,14H2,1H3,(H,27,28)/b26-13-. The maximum Gasteiger partial charge on any atom is 0.343 e. The molecule has 0 saturated carbocycles. The van der Waals surface area contributed by atoms with Crippen molar-refractivity contribution < 1.29 is 23.8 Å². The third-order valence-electron chi connectivity index (χ3n) is 4.07. The van der Waals surface area contributed by atoms with Crippen molar-refractivity contribution in [3.05, 3.63) is 87.9 Å². The van der Waals surface area contributed by atoms with E-state index in [9.17, 15) is 9.59 Å². The van der Waals surface area contributed by atoms with Gasteiger partial charge in [0.15, 0.2) is 18.1 Å². The molecule has 0 unspecified atom stereocenters. The van der Waals surface area contributed by atoms with E-state index in [2.05, 4.69) is 10.5 Å². The third-order valence-corrected chi connectivity index (χ3v) is 4.63. The van der Waals surface area contributed by atoms with Crippen molar-refractivity contribution in [3.8, 4) is 17.2 Å². The molecular weight excluding hydrogens is 455 g/mol. The molecule has 0 saturated heterocycles. The Hall–Kier alpha value is -3.55. The van der Waals surface area contributed by atoms with Crippen molar-refractivity contribution in [2.24, 2.45) is 5.10 Å². The molecule has 1 N–H and O–H groups in total. The number of rotatable bonds is 8.